The van der Waals surface area contributed by atoms with Gasteiger partial charge in [0.05, 0.1) is 19.2 Å². The number of carbonyl (C=O) groups excluding carboxylic acids is 4. The molecule has 0 saturated heterocycles. The minimum absolute atomic E-state index is 0.0191. The Bertz CT molecular complexity index is 1010. The van der Waals surface area contributed by atoms with E-state index in [1.165, 1.54) is 7.11 Å². The summed E-state index contributed by atoms with van der Waals surface area (Å²) in [6, 6.07) is 5.79. The minimum Gasteiger partial charge on any atom is -0.496 e. The molecule has 11 nitrogen and oxygen atoms in total. The van der Waals surface area contributed by atoms with Crippen LogP contribution >= 0.6 is 0 Å². The first-order chi connectivity index (χ1) is 15.6. The Balaban J connectivity index is 2.10. The Labute approximate surface area is 189 Å². The fourth-order valence-corrected chi connectivity index (χ4v) is 3.06. The average Bonchev–Trinajstić information content (AvgIpc) is 3.17. The molecule has 0 aliphatic heterocycles. The minimum atomic E-state index is -1.38. The second-order valence-corrected chi connectivity index (χ2v) is 7.64. The predicted octanol–water partition coefficient (Wildman–Crippen LogP) is 1.38. The number of hydrogen-bond acceptors (Lipinski definition) is 6. The highest BCUT2D eigenvalue weighted by molar-refractivity contribution is 5.90. The van der Waals surface area contributed by atoms with Crippen molar-refractivity contribution in [1.29, 1.82) is 0 Å². The molecular formula is C21H28FN5O6. The maximum absolute atomic E-state index is 12.9. The van der Waals surface area contributed by atoms with Crippen molar-refractivity contribution in [2.45, 2.75) is 32.7 Å². The molecule has 33 heavy (non-hydrogen) atoms. The molecule has 2 rings (SSSR count). The van der Waals surface area contributed by atoms with E-state index in [9.17, 15) is 23.6 Å². The van der Waals surface area contributed by atoms with Gasteiger partial charge in [-0.1, -0.05) is 19.9 Å². The number of benzene rings is 1. The summed E-state index contributed by atoms with van der Waals surface area (Å²) >= 11 is 0. The molecule has 4 amide bonds. The first-order valence-corrected chi connectivity index (χ1v) is 10.2. The molecule has 0 fully saturated rings. The number of aromatic amines is 1. The quantitative estimate of drug-likeness (QED) is 0.389. The van der Waals surface area contributed by atoms with Gasteiger partial charge in [0.1, 0.15) is 11.8 Å². The van der Waals surface area contributed by atoms with Crippen molar-refractivity contribution in [1.82, 2.24) is 20.7 Å². The molecule has 0 spiro atoms. The Morgan fingerprint density at radius 3 is 2.58 bits per heavy atom. The van der Waals surface area contributed by atoms with Crippen molar-refractivity contribution in [3.8, 4) is 11.6 Å². The molecule has 0 bridgehead atoms. The number of fused-ring (bicyclic) bond motifs is 1. The van der Waals surface area contributed by atoms with Crippen molar-refractivity contribution < 1.29 is 33.0 Å². The van der Waals surface area contributed by atoms with Crippen LogP contribution in [0.2, 0.25) is 0 Å². The third-order valence-electron chi connectivity index (χ3n) is 4.58. The summed E-state index contributed by atoms with van der Waals surface area (Å²) in [5.41, 5.74) is 7.98. The summed E-state index contributed by atoms with van der Waals surface area (Å²) in [7, 11) is 1.52. The monoisotopic (exact) mass is 465 g/mol. The van der Waals surface area contributed by atoms with Crippen LogP contribution in [-0.2, 0) is 14.4 Å². The van der Waals surface area contributed by atoms with Crippen LogP contribution in [0.1, 0.15) is 26.7 Å². The maximum atomic E-state index is 12.9. The van der Waals surface area contributed by atoms with E-state index in [1.54, 1.807) is 24.3 Å². The first-order valence-electron chi connectivity index (χ1n) is 10.2. The standard InChI is InChI=1S/C21H28FN5O6/c1-12(2)9-15(20(30)26-27(19(29)11-22)8-7-17(23)28)25-21(31)33-18-10-13-14(24-18)5-4-6-16(13)32-3/h4-6,10,12,15,24H,7-9,11H2,1-3H3,(H2,23,28)(H,25,31)(H,26,30). The van der Waals surface area contributed by atoms with E-state index in [4.69, 9.17) is 15.2 Å². The number of ether oxygens (including phenoxy) is 2. The third kappa shape index (κ3) is 7.37. The van der Waals surface area contributed by atoms with Gasteiger partial charge in [0.2, 0.25) is 11.8 Å². The number of alkyl halides is 1. The molecule has 5 N–H and O–H groups in total. The van der Waals surface area contributed by atoms with Crippen LogP contribution < -0.4 is 25.9 Å². The molecule has 2 aromatic rings. The highest BCUT2D eigenvalue weighted by atomic mass is 19.1. The topological polar surface area (TPSA) is 156 Å². The van der Waals surface area contributed by atoms with Gasteiger partial charge >= 0.3 is 6.09 Å². The van der Waals surface area contributed by atoms with Crippen molar-refractivity contribution in [3.05, 3.63) is 24.3 Å². The van der Waals surface area contributed by atoms with Crippen LogP contribution in [-0.4, -0.2) is 60.2 Å². The lowest BCUT2D eigenvalue weighted by Crippen LogP contribution is -2.55. The summed E-state index contributed by atoms with van der Waals surface area (Å²) in [4.78, 5) is 50.9. The number of nitrogens with one attached hydrogen (secondary N) is 3. The van der Waals surface area contributed by atoms with Crippen LogP contribution in [0, 0.1) is 5.92 Å². The molecule has 1 heterocycles. The number of aromatic nitrogens is 1. The summed E-state index contributed by atoms with van der Waals surface area (Å²) in [6.07, 6.45) is -0.989. The van der Waals surface area contributed by atoms with Gasteiger partial charge in [-0.3, -0.25) is 24.8 Å². The van der Waals surface area contributed by atoms with E-state index >= 15 is 0 Å². The van der Waals surface area contributed by atoms with Crippen molar-refractivity contribution in [2.24, 2.45) is 11.7 Å². The molecule has 0 aliphatic carbocycles. The van der Waals surface area contributed by atoms with Crippen LogP contribution in [0.4, 0.5) is 9.18 Å². The fourth-order valence-electron chi connectivity index (χ4n) is 3.06. The zero-order chi connectivity index (χ0) is 24.5. The molecule has 1 aromatic carbocycles. The van der Waals surface area contributed by atoms with Gasteiger partial charge < -0.3 is 25.5 Å². The molecule has 1 unspecified atom stereocenters. The van der Waals surface area contributed by atoms with Gasteiger partial charge in [-0.15, -0.1) is 0 Å². The van der Waals surface area contributed by atoms with E-state index in [0.717, 1.165) is 0 Å². The molecule has 1 aromatic heterocycles. The van der Waals surface area contributed by atoms with Crippen molar-refractivity contribution in [2.75, 3.05) is 20.3 Å². The van der Waals surface area contributed by atoms with Gasteiger partial charge in [0, 0.05) is 17.9 Å². The summed E-state index contributed by atoms with van der Waals surface area (Å²) in [6.45, 7) is 1.97. The largest absolute Gasteiger partial charge is 0.496 e. The maximum Gasteiger partial charge on any atom is 0.414 e. The lowest BCUT2D eigenvalue weighted by Gasteiger charge is -2.26. The lowest BCUT2D eigenvalue weighted by atomic mass is 10.0. The second-order valence-electron chi connectivity index (χ2n) is 7.64. The third-order valence-corrected chi connectivity index (χ3v) is 4.58. The highest BCUT2D eigenvalue weighted by Crippen LogP contribution is 2.28. The van der Waals surface area contributed by atoms with Crippen LogP contribution in [0.3, 0.4) is 0 Å². The predicted molar refractivity (Wildman–Crippen MR) is 117 cm³/mol. The van der Waals surface area contributed by atoms with E-state index in [2.05, 4.69) is 15.7 Å². The molecule has 0 radical (unpaired) electrons. The van der Waals surface area contributed by atoms with Crippen LogP contribution in [0.25, 0.3) is 10.9 Å². The lowest BCUT2D eigenvalue weighted by molar-refractivity contribution is -0.143. The summed E-state index contributed by atoms with van der Waals surface area (Å²) in [5, 5.41) is 3.82. The molecule has 1 atom stereocenters. The smallest absolute Gasteiger partial charge is 0.414 e. The summed E-state index contributed by atoms with van der Waals surface area (Å²) < 4.78 is 23.4. The molecule has 12 heteroatoms. The van der Waals surface area contributed by atoms with Gasteiger partial charge in [-0.25, -0.2) is 9.18 Å². The Morgan fingerprint density at radius 1 is 1.24 bits per heavy atom. The SMILES string of the molecule is COc1cccc2[nH]c(OC(=O)NC(CC(C)C)C(=O)NN(CCC(N)=O)C(=O)CF)cc12. The van der Waals surface area contributed by atoms with Crippen molar-refractivity contribution in [3.63, 3.8) is 0 Å². The number of hydrogen-bond donors (Lipinski definition) is 4. The molecular weight excluding hydrogens is 437 g/mol. The van der Waals surface area contributed by atoms with Crippen LogP contribution in [0.15, 0.2) is 24.3 Å². The number of rotatable bonds is 10. The Kier molecular flexibility index (Phi) is 9.01. The number of halogens is 1. The van der Waals surface area contributed by atoms with Gasteiger partial charge in [-0.2, -0.15) is 0 Å². The van der Waals surface area contributed by atoms with Gasteiger partial charge in [-0.05, 0) is 24.5 Å². The van der Waals surface area contributed by atoms with Gasteiger partial charge in [0.25, 0.3) is 11.8 Å². The van der Waals surface area contributed by atoms with E-state index in [-0.39, 0.29) is 31.2 Å². The van der Waals surface area contributed by atoms with Crippen molar-refractivity contribution >= 4 is 34.7 Å². The molecule has 0 saturated carbocycles. The molecule has 0 aliphatic rings. The fraction of sp³-hybridized carbons (Fsp3) is 0.429. The zero-order valence-electron chi connectivity index (χ0n) is 18.6. The first kappa shape index (κ1) is 25.4. The number of methoxy groups -OCH3 is 1. The van der Waals surface area contributed by atoms with E-state index in [1.807, 2.05) is 13.8 Å². The van der Waals surface area contributed by atoms with Gasteiger partial charge in [0.15, 0.2) is 6.67 Å². The number of nitrogens with two attached hydrogens (primary N) is 1. The number of H-pyrrole nitrogens is 1. The zero-order valence-corrected chi connectivity index (χ0v) is 18.6. The normalized spacial score (nSPS) is 11.7. The number of amides is 4. The molecule has 180 valence electrons. The second kappa shape index (κ2) is 11.7. The number of nitrogens with zero attached hydrogens (tertiary/aromatic N) is 1. The Hall–Kier alpha value is -3.83. The van der Waals surface area contributed by atoms with Crippen LogP contribution in [0.5, 0.6) is 11.6 Å². The van der Waals surface area contributed by atoms with E-state index in [0.29, 0.717) is 21.7 Å². The highest BCUT2D eigenvalue weighted by Gasteiger charge is 2.26. The average molecular weight is 465 g/mol. The Morgan fingerprint density at radius 2 is 1.97 bits per heavy atom. The number of primary amides is 1. The summed E-state index contributed by atoms with van der Waals surface area (Å²) in [5.74, 6) is -1.85. The number of carbonyl (C=O) groups is 4. The number of hydrazine groups is 1. The van der Waals surface area contributed by atoms with E-state index < -0.39 is 36.5 Å².